The first-order valence-electron chi connectivity index (χ1n) is 7.17. The van der Waals surface area contributed by atoms with Crippen LogP contribution >= 0.6 is 0 Å². The van der Waals surface area contributed by atoms with Crippen molar-refractivity contribution >= 4 is 11.9 Å². The first-order valence-corrected chi connectivity index (χ1v) is 7.17. The highest BCUT2D eigenvalue weighted by atomic mass is 16.5. The third-order valence-corrected chi connectivity index (χ3v) is 2.64. The SMILES string of the molecule is CCCCOCCCC.O=C(O)c1cccc(C(=O)O)c1. The minimum absolute atomic E-state index is 0.0186. The molecule has 0 amide bonds. The third kappa shape index (κ3) is 9.62. The summed E-state index contributed by atoms with van der Waals surface area (Å²) in [7, 11) is 0. The molecule has 0 saturated heterocycles. The Morgan fingerprint density at radius 2 is 1.38 bits per heavy atom. The van der Waals surface area contributed by atoms with Crippen LogP contribution in [-0.4, -0.2) is 35.4 Å². The Labute approximate surface area is 125 Å². The smallest absolute Gasteiger partial charge is 0.335 e. The van der Waals surface area contributed by atoms with E-state index in [1.54, 1.807) is 0 Å². The van der Waals surface area contributed by atoms with Crippen molar-refractivity contribution in [2.45, 2.75) is 39.5 Å². The fraction of sp³-hybridized carbons (Fsp3) is 0.500. The molecule has 0 bridgehead atoms. The van der Waals surface area contributed by atoms with E-state index in [-0.39, 0.29) is 11.1 Å². The number of rotatable bonds is 8. The molecule has 2 N–H and O–H groups in total. The molecule has 0 unspecified atom stereocenters. The molecule has 0 heterocycles. The summed E-state index contributed by atoms with van der Waals surface area (Å²) in [6.07, 6.45) is 4.91. The van der Waals surface area contributed by atoms with Gasteiger partial charge in [0.25, 0.3) is 0 Å². The summed E-state index contributed by atoms with van der Waals surface area (Å²) in [5.41, 5.74) is -0.0372. The lowest BCUT2D eigenvalue weighted by Crippen LogP contribution is -2.01. The van der Waals surface area contributed by atoms with E-state index in [9.17, 15) is 9.59 Å². The monoisotopic (exact) mass is 296 g/mol. The van der Waals surface area contributed by atoms with Gasteiger partial charge in [-0.3, -0.25) is 0 Å². The zero-order chi connectivity index (χ0) is 16.1. The van der Waals surface area contributed by atoms with Crippen LogP contribution in [0.2, 0.25) is 0 Å². The van der Waals surface area contributed by atoms with Crippen LogP contribution in [0.25, 0.3) is 0 Å². The van der Waals surface area contributed by atoms with Crippen LogP contribution in [0.1, 0.15) is 60.2 Å². The fourth-order valence-corrected chi connectivity index (χ4v) is 1.38. The number of carboxylic acid groups (broad SMARTS) is 2. The number of ether oxygens (including phenoxy) is 1. The molecule has 0 aliphatic rings. The van der Waals surface area contributed by atoms with Gasteiger partial charge in [0.2, 0.25) is 0 Å². The summed E-state index contributed by atoms with van der Waals surface area (Å²) in [5, 5.41) is 17.0. The minimum atomic E-state index is -1.13. The molecule has 5 heteroatoms. The van der Waals surface area contributed by atoms with Crippen LogP contribution in [0.3, 0.4) is 0 Å². The van der Waals surface area contributed by atoms with Gasteiger partial charge in [0.15, 0.2) is 0 Å². The summed E-state index contributed by atoms with van der Waals surface area (Å²) in [5.74, 6) is -2.25. The van der Waals surface area contributed by atoms with Crippen molar-refractivity contribution < 1.29 is 24.5 Å². The molecule has 1 aromatic carbocycles. The number of hydrogen-bond donors (Lipinski definition) is 2. The highest BCUT2D eigenvalue weighted by Gasteiger charge is 2.06. The molecule has 0 aliphatic carbocycles. The van der Waals surface area contributed by atoms with E-state index in [2.05, 4.69) is 13.8 Å². The number of unbranched alkanes of at least 4 members (excludes halogenated alkanes) is 2. The number of benzene rings is 1. The van der Waals surface area contributed by atoms with Crippen LogP contribution in [0.4, 0.5) is 0 Å². The van der Waals surface area contributed by atoms with E-state index < -0.39 is 11.9 Å². The van der Waals surface area contributed by atoms with Gasteiger partial charge >= 0.3 is 11.9 Å². The van der Waals surface area contributed by atoms with Crippen LogP contribution in [0.15, 0.2) is 24.3 Å². The Hall–Kier alpha value is -1.88. The number of carbonyl (C=O) groups is 2. The first-order chi connectivity index (χ1) is 10.0. The van der Waals surface area contributed by atoms with Gasteiger partial charge in [0, 0.05) is 13.2 Å². The maximum absolute atomic E-state index is 10.4. The van der Waals surface area contributed by atoms with Crippen molar-refractivity contribution in [3.05, 3.63) is 35.4 Å². The maximum Gasteiger partial charge on any atom is 0.335 e. The normalized spacial score (nSPS) is 9.62. The van der Waals surface area contributed by atoms with Crippen LogP contribution in [0.5, 0.6) is 0 Å². The number of carboxylic acids is 2. The topological polar surface area (TPSA) is 83.8 Å². The molecular formula is C16H24O5. The molecule has 0 aromatic heterocycles. The molecule has 0 spiro atoms. The summed E-state index contributed by atoms with van der Waals surface area (Å²) < 4.78 is 5.31. The van der Waals surface area contributed by atoms with Crippen LogP contribution < -0.4 is 0 Å². The van der Waals surface area contributed by atoms with Crippen molar-refractivity contribution in [1.82, 2.24) is 0 Å². The highest BCUT2D eigenvalue weighted by molar-refractivity contribution is 5.93. The van der Waals surface area contributed by atoms with Crippen LogP contribution in [-0.2, 0) is 4.74 Å². The average Bonchev–Trinajstić information content (AvgIpc) is 2.48. The average molecular weight is 296 g/mol. The van der Waals surface area contributed by atoms with Crippen molar-refractivity contribution in [3.8, 4) is 0 Å². The summed E-state index contributed by atoms with van der Waals surface area (Å²) >= 11 is 0. The molecule has 0 radical (unpaired) electrons. The quantitative estimate of drug-likeness (QED) is 0.715. The van der Waals surface area contributed by atoms with Crippen molar-refractivity contribution in [2.24, 2.45) is 0 Å². The third-order valence-electron chi connectivity index (χ3n) is 2.64. The van der Waals surface area contributed by atoms with Gasteiger partial charge in [-0.05, 0) is 31.0 Å². The van der Waals surface area contributed by atoms with Crippen molar-refractivity contribution in [2.75, 3.05) is 13.2 Å². The van der Waals surface area contributed by atoms with E-state index in [0.29, 0.717) is 0 Å². The van der Waals surface area contributed by atoms with Gasteiger partial charge < -0.3 is 14.9 Å². The Morgan fingerprint density at radius 1 is 0.952 bits per heavy atom. The highest BCUT2D eigenvalue weighted by Crippen LogP contribution is 2.04. The lowest BCUT2D eigenvalue weighted by atomic mass is 10.1. The standard InChI is InChI=1S/C8H6O4.C8H18O/c9-7(10)5-2-1-3-6(4-5)8(11)12;1-3-5-7-9-8-6-4-2/h1-4H,(H,9,10)(H,11,12);3-8H2,1-2H3. The van der Waals surface area contributed by atoms with Gasteiger partial charge in [0.05, 0.1) is 11.1 Å². The zero-order valence-corrected chi connectivity index (χ0v) is 12.7. The second kappa shape index (κ2) is 11.9. The Balaban J connectivity index is 0.000000400. The van der Waals surface area contributed by atoms with Gasteiger partial charge in [0.1, 0.15) is 0 Å². The maximum atomic E-state index is 10.4. The van der Waals surface area contributed by atoms with E-state index in [1.807, 2.05) is 0 Å². The predicted octanol–water partition coefficient (Wildman–Crippen LogP) is 3.69. The van der Waals surface area contributed by atoms with Gasteiger partial charge in [-0.25, -0.2) is 9.59 Å². The Kier molecular flexibility index (Phi) is 10.8. The van der Waals surface area contributed by atoms with Crippen molar-refractivity contribution in [3.63, 3.8) is 0 Å². The molecule has 0 atom stereocenters. The molecule has 0 fully saturated rings. The minimum Gasteiger partial charge on any atom is -0.478 e. The van der Waals surface area contributed by atoms with Crippen LogP contribution in [0, 0.1) is 0 Å². The number of aromatic carboxylic acids is 2. The van der Waals surface area contributed by atoms with E-state index in [0.717, 1.165) is 19.3 Å². The predicted molar refractivity (Wildman–Crippen MR) is 81.0 cm³/mol. The lowest BCUT2D eigenvalue weighted by molar-refractivity contribution is 0.0696. The zero-order valence-electron chi connectivity index (χ0n) is 12.7. The molecule has 0 saturated carbocycles. The Bertz CT molecular complexity index is 393. The molecule has 5 nitrogen and oxygen atoms in total. The lowest BCUT2D eigenvalue weighted by Gasteiger charge is -1.99. The van der Waals surface area contributed by atoms with E-state index in [4.69, 9.17) is 14.9 Å². The van der Waals surface area contributed by atoms with Gasteiger partial charge in [-0.1, -0.05) is 32.8 Å². The van der Waals surface area contributed by atoms with Crippen molar-refractivity contribution in [1.29, 1.82) is 0 Å². The summed E-state index contributed by atoms with van der Waals surface area (Å²) in [4.78, 5) is 20.8. The first kappa shape index (κ1) is 19.1. The molecule has 118 valence electrons. The Morgan fingerprint density at radius 3 is 1.71 bits per heavy atom. The van der Waals surface area contributed by atoms with E-state index >= 15 is 0 Å². The summed E-state index contributed by atoms with van der Waals surface area (Å²) in [6.45, 7) is 6.28. The van der Waals surface area contributed by atoms with E-state index in [1.165, 1.54) is 43.9 Å². The second-order valence-electron chi connectivity index (χ2n) is 4.51. The summed E-state index contributed by atoms with van der Waals surface area (Å²) in [6, 6.07) is 5.20. The van der Waals surface area contributed by atoms with Gasteiger partial charge in [-0.15, -0.1) is 0 Å². The largest absolute Gasteiger partial charge is 0.478 e. The molecule has 21 heavy (non-hydrogen) atoms. The molecular weight excluding hydrogens is 272 g/mol. The molecule has 0 aliphatic heterocycles. The van der Waals surface area contributed by atoms with Gasteiger partial charge in [-0.2, -0.15) is 0 Å². The molecule has 1 rings (SSSR count). The number of hydrogen-bond acceptors (Lipinski definition) is 3. The second-order valence-corrected chi connectivity index (χ2v) is 4.51. The molecule has 1 aromatic rings. The fourth-order valence-electron chi connectivity index (χ4n) is 1.38.